The summed E-state index contributed by atoms with van der Waals surface area (Å²) in [6, 6.07) is 1.37. The van der Waals surface area contributed by atoms with Gasteiger partial charge in [0, 0.05) is 24.6 Å². The number of hydrogen-bond donors (Lipinski definition) is 0. The molecule has 0 aromatic carbocycles. The summed E-state index contributed by atoms with van der Waals surface area (Å²) in [4.78, 5) is 20.9. The zero-order chi connectivity index (χ0) is 17.2. The molecule has 2 aromatic heterocycles. The lowest BCUT2D eigenvalue weighted by Gasteiger charge is -2.29. The standard InChI is InChI=1S/C16H21FN4OS/c1-11-19-14(12-6-13(17)8-18-7-12)9-21(11)20(4)15(22)16(2,3)10-23-5/h6-9H,10H2,1-5H3. The molecular weight excluding hydrogens is 315 g/mol. The number of nitrogens with zero attached hydrogens (tertiary/aromatic N) is 4. The molecule has 0 atom stereocenters. The lowest BCUT2D eigenvalue weighted by Crippen LogP contribution is -2.46. The van der Waals surface area contributed by atoms with E-state index in [9.17, 15) is 9.18 Å². The van der Waals surface area contributed by atoms with Crippen molar-refractivity contribution in [2.24, 2.45) is 5.41 Å². The van der Waals surface area contributed by atoms with Crippen molar-refractivity contribution in [1.29, 1.82) is 0 Å². The smallest absolute Gasteiger partial charge is 0.247 e. The quantitative estimate of drug-likeness (QED) is 0.842. The van der Waals surface area contributed by atoms with Crippen molar-refractivity contribution < 1.29 is 9.18 Å². The van der Waals surface area contributed by atoms with Crippen LogP contribution in [-0.2, 0) is 4.79 Å². The maximum atomic E-state index is 13.3. The molecule has 2 heterocycles. The average molecular weight is 336 g/mol. The van der Waals surface area contributed by atoms with Gasteiger partial charge >= 0.3 is 0 Å². The third-order valence-electron chi connectivity index (χ3n) is 3.56. The normalized spacial score (nSPS) is 11.6. The Morgan fingerprint density at radius 3 is 2.74 bits per heavy atom. The van der Waals surface area contributed by atoms with E-state index in [0.717, 1.165) is 11.9 Å². The Bertz CT molecular complexity index is 714. The van der Waals surface area contributed by atoms with Crippen LogP contribution in [0.25, 0.3) is 11.3 Å². The molecular formula is C16H21FN4OS. The Balaban J connectivity index is 2.32. The van der Waals surface area contributed by atoms with E-state index in [1.807, 2.05) is 27.0 Å². The van der Waals surface area contributed by atoms with E-state index in [-0.39, 0.29) is 5.91 Å². The third kappa shape index (κ3) is 3.72. The number of imidazole rings is 1. The Kier molecular flexibility index (Phi) is 5.09. The second-order valence-corrected chi connectivity index (χ2v) is 6.92. The van der Waals surface area contributed by atoms with Crippen LogP contribution < -0.4 is 5.01 Å². The second kappa shape index (κ2) is 6.70. The van der Waals surface area contributed by atoms with Crippen LogP contribution in [0.2, 0.25) is 0 Å². The van der Waals surface area contributed by atoms with E-state index in [2.05, 4.69) is 9.97 Å². The van der Waals surface area contributed by atoms with Crippen LogP contribution in [0.1, 0.15) is 19.7 Å². The summed E-state index contributed by atoms with van der Waals surface area (Å²) < 4.78 is 15.0. The maximum Gasteiger partial charge on any atom is 0.247 e. The molecule has 0 spiro atoms. The van der Waals surface area contributed by atoms with Gasteiger partial charge in [0.2, 0.25) is 5.91 Å². The van der Waals surface area contributed by atoms with Crippen molar-refractivity contribution >= 4 is 17.7 Å². The minimum Gasteiger partial charge on any atom is -0.272 e. The molecule has 0 N–H and O–H groups in total. The molecule has 5 nitrogen and oxygen atoms in total. The molecule has 0 aliphatic rings. The van der Waals surface area contributed by atoms with E-state index < -0.39 is 11.2 Å². The number of aryl methyl sites for hydroxylation is 1. The molecule has 0 aliphatic carbocycles. The highest BCUT2D eigenvalue weighted by atomic mass is 32.2. The number of aromatic nitrogens is 3. The van der Waals surface area contributed by atoms with Crippen LogP contribution in [0.5, 0.6) is 0 Å². The fourth-order valence-electron chi connectivity index (χ4n) is 2.42. The van der Waals surface area contributed by atoms with Crippen LogP contribution >= 0.6 is 11.8 Å². The Hall–Kier alpha value is -1.89. The van der Waals surface area contributed by atoms with E-state index in [4.69, 9.17) is 0 Å². The summed E-state index contributed by atoms with van der Waals surface area (Å²) in [5.41, 5.74) is 0.679. The number of halogens is 1. The first-order valence-corrected chi connectivity index (χ1v) is 8.60. The SMILES string of the molecule is CSCC(C)(C)C(=O)N(C)n1cc(-c2cncc(F)c2)nc1C. The Morgan fingerprint density at radius 2 is 2.13 bits per heavy atom. The monoisotopic (exact) mass is 336 g/mol. The molecule has 0 saturated heterocycles. The zero-order valence-electron chi connectivity index (χ0n) is 14.0. The average Bonchev–Trinajstić information content (AvgIpc) is 2.87. The second-order valence-electron chi connectivity index (χ2n) is 6.06. The lowest BCUT2D eigenvalue weighted by molar-refractivity contribution is -0.126. The molecule has 1 amide bonds. The molecule has 0 fully saturated rings. The Morgan fingerprint density at radius 1 is 1.43 bits per heavy atom. The van der Waals surface area contributed by atoms with Gasteiger partial charge < -0.3 is 0 Å². The van der Waals surface area contributed by atoms with Crippen molar-refractivity contribution in [3.05, 3.63) is 36.3 Å². The first-order valence-electron chi connectivity index (χ1n) is 7.20. The predicted molar refractivity (Wildman–Crippen MR) is 91.5 cm³/mol. The van der Waals surface area contributed by atoms with Gasteiger partial charge in [-0.2, -0.15) is 11.8 Å². The highest BCUT2D eigenvalue weighted by Crippen LogP contribution is 2.24. The third-order valence-corrected chi connectivity index (χ3v) is 4.57. The maximum absolute atomic E-state index is 13.3. The van der Waals surface area contributed by atoms with Gasteiger partial charge in [0.1, 0.15) is 11.6 Å². The minimum atomic E-state index is -0.481. The molecule has 0 unspecified atom stereocenters. The van der Waals surface area contributed by atoms with E-state index in [0.29, 0.717) is 17.1 Å². The van der Waals surface area contributed by atoms with Gasteiger partial charge in [-0.15, -0.1) is 0 Å². The van der Waals surface area contributed by atoms with Crippen LogP contribution in [-0.4, -0.2) is 39.6 Å². The highest BCUT2D eigenvalue weighted by Gasteiger charge is 2.31. The number of rotatable bonds is 5. The van der Waals surface area contributed by atoms with Crippen molar-refractivity contribution in [1.82, 2.24) is 14.6 Å². The van der Waals surface area contributed by atoms with Gasteiger partial charge in [-0.1, -0.05) is 13.8 Å². The molecule has 0 aliphatic heterocycles. The van der Waals surface area contributed by atoms with Crippen LogP contribution in [0.4, 0.5) is 4.39 Å². The van der Waals surface area contributed by atoms with Crippen molar-refractivity contribution in [2.75, 3.05) is 24.1 Å². The summed E-state index contributed by atoms with van der Waals surface area (Å²) >= 11 is 1.64. The van der Waals surface area contributed by atoms with Gasteiger partial charge in [-0.25, -0.2) is 14.1 Å². The first-order chi connectivity index (χ1) is 10.8. The van der Waals surface area contributed by atoms with E-state index >= 15 is 0 Å². The minimum absolute atomic E-state index is 0.00346. The number of amides is 1. The zero-order valence-corrected chi connectivity index (χ0v) is 14.8. The molecule has 124 valence electrons. The van der Waals surface area contributed by atoms with Crippen molar-refractivity contribution in [2.45, 2.75) is 20.8 Å². The van der Waals surface area contributed by atoms with Gasteiger partial charge in [0.05, 0.1) is 23.5 Å². The topological polar surface area (TPSA) is 51.0 Å². The van der Waals surface area contributed by atoms with Crippen molar-refractivity contribution in [3.63, 3.8) is 0 Å². The van der Waals surface area contributed by atoms with Crippen LogP contribution in [0.15, 0.2) is 24.7 Å². The van der Waals surface area contributed by atoms with Gasteiger partial charge in [0.25, 0.3) is 0 Å². The van der Waals surface area contributed by atoms with Crippen LogP contribution in [0.3, 0.4) is 0 Å². The summed E-state index contributed by atoms with van der Waals surface area (Å²) in [7, 11) is 1.71. The fourth-order valence-corrected chi connectivity index (χ4v) is 3.26. The molecule has 23 heavy (non-hydrogen) atoms. The highest BCUT2D eigenvalue weighted by molar-refractivity contribution is 7.98. The largest absolute Gasteiger partial charge is 0.272 e. The summed E-state index contributed by atoms with van der Waals surface area (Å²) in [6.45, 7) is 5.65. The van der Waals surface area contributed by atoms with Gasteiger partial charge in [-0.05, 0) is 19.2 Å². The number of hydrogen-bond acceptors (Lipinski definition) is 4. The van der Waals surface area contributed by atoms with E-state index in [1.54, 1.807) is 40.9 Å². The molecule has 0 radical (unpaired) electrons. The van der Waals surface area contributed by atoms with Crippen LogP contribution in [0, 0.1) is 18.2 Å². The van der Waals surface area contributed by atoms with E-state index in [1.165, 1.54) is 6.07 Å². The lowest BCUT2D eigenvalue weighted by atomic mass is 9.95. The summed E-state index contributed by atoms with van der Waals surface area (Å²) in [5, 5.41) is 1.55. The molecule has 0 saturated carbocycles. The number of carbonyl (C=O) groups excluding carboxylic acids is 1. The summed E-state index contributed by atoms with van der Waals surface area (Å²) in [6.07, 6.45) is 6.40. The van der Waals surface area contributed by atoms with Gasteiger partial charge in [-0.3, -0.25) is 14.8 Å². The van der Waals surface area contributed by atoms with Crippen molar-refractivity contribution in [3.8, 4) is 11.3 Å². The predicted octanol–water partition coefficient (Wildman–Crippen LogP) is 2.88. The summed E-state index contributed by atoms with van der Waals surface area (Å²) in [5.74, 6) is 0.960. The first kappa shape index (κ1) is 17.5. The fraction of sp³-hybridized carbons (Fsp3) is 0.438. The molecule has 7 heteroatoms. The van der Waals surface area contributed by atoms with Gasteiger partial charge in [0.15, 0.2) is 0 Å². The number of carbonyl (C=O) groups is 1. The number of pyridine rings is 1. The molecule has 2 aromatic rings. The Labute approximate surface area is 139 Å². The molecule has 2 rings (SSSR count). The molecule has 0 bridgehead atoms. The number of thioether (sulfide) groups is 1.